The minimum absolute atomic E-state index is 0.0483. The highest BCUT2D eigenvalue weighted by molar-refractivity contribution is 9.10. The second-order valence-corrected chi connectivity index (χ2v) is 6.93. The maximum atomic E-state index is 13.8. The van der Waals surface area contributed by atoms with Crippen LogP contribution < -0.4 is 5.32 Å². The first-order valence-corrected chi connectivity index (χ1v) is 9.02. The van der Waals surface area contributed by atoms with Gasteiger partial charge in [-0.15, -0.1) is 0 Å². The Morgan fingerprint density at radius 1 is 1.12 bits per heavy atom. The summed E-state index contributed by atoms with van der Waals surface area (Å²) in [6.07, 6.45) is 0. The van der Waals surface area contributed by atoms with Crippen molar-refractivity contribution < 1.29 is 13.9 Å². The van der Waals surface area contributed by atoms with Crippen LogP contribution in [0.2, 0.25) is 0 Å². The van der Waals surface area contributed by atoms with Gasteiger partial charge in [-0.2, -0.15) is 0 Å². The fraction of sp³-hybridized carbons (Fsp3) is 0.316. The van der Waals surface area contributed by atoms with Gasteiger partial charge >= 0.3 is 0 Å². The van der Waals surface area contributed by atoms with Gasteiger partial charge in [0.2, 0.25) is 0 Å². The zero-order valence-electron chi connectivity index (χ0n) is 13.8. The van der Waals surface area contributed by atoms with Crippen LogP contribution in [0.1, 0.15) is 21.5 Å². The fourth-order valence-electron chi connectivity index (χ4n) is 2.73. The van der Waals surface area contributed by atoms with E-state index in [1.54, 1.807) is 6.07 Å². The number of benzene rings is 2. The summed E-state index contributed by atoms with van der Waals surface area (Å²) >= 11 is 3.18. The van der Waals surface area contributed by atoms with Crippen LogP contribution in [0.5, 0.6) is 0 Å². The highest BCUT2D eigenvalue weighted by atomic mass is 79.9. The summed E-state index contributed by atoms with van der Waals surface area (Å²) in [4.78, 5) is 14.5. The molecule has 1 aliphatic heterocycles. The van der Waals surface area contributed by atoms with Crippen LogP contribution in [0, 0.1) is 5.82 Å². The molecule has 0 aromatic heterocycles. The third-order valence-corrected chi connectivity index (χ3v) is 4.65. The van der Waals surface area contributed by atoms with Crippen LogP contribution in [-0.4, -0.2) is 37.1 Å². The number of nitrogens with zero attached hydrogens (tertiary/aromatic N) is 1. The van der Waals surface area contributed by atoms with Crippen LogP contribution in [0.4, 0.5) is 4.39 Å². The molecule has 132 valence electrons. The molecule has 25 heavy (non-hydrogen) atoms. The summed E-state index contributed by atoms with van der Waals surface area (Å²) in [5.74, 6) is -0.949. The van der Waals surface area contributed by atoms with Gasteiger partial charge in [-0.1, -0.05) is 40.2 Å². The van der Waals surface area contributed by atoms with Crippen LogP contribution >= 0.6 is 15.9 Å². The van der Waals surface area contributed by atoms with Crippen molar-refractivity contribution in [2.45, 2.75) is 13.1 Å². The third-order valence-electron chi connectivity index (χ3n) is 4.16. The quantitative estimate of drug-likeness (QED) is 0.827. The fourth-order valence-corrected chi connectivity index (χ4v) is 3.06. The van der Waals surface area contributed by atoms with E-state index in [-0.39, 0.29) is 5.56 Å². The number of carbonyl (C=O) groups is 1. The first kappa shape index (κ1) is 18.0. The Labute approximate surface area is 155 Å². The molecule has 0 aliphatic carbocycles. The minimum atomic E-state index is -0.535. The second kappa shape index (κ2) is 8.56. The van der Waals surface area contributed by atoms with Gasteiger partial charge in [-0.3, -0.25) is 9.69 Å². The lowest BCUT2D eigenvalue weighted by Crippen LogP contribution is -2.35. The van der Waals surface area contributed by atoms with Gasteiger partial charge in [0.15, 0.2) is 0 Å². The maximum absolute atomic E-state index is 13.8. The van der Waals surface area contributed by atoms with E-state index in [9.17, 15) is 9.18 Å². The van der Waals surface area contributed by atoms with Crippen molar-refractivity contribution in [1.29, 1.82) is 0 Å². The predicted molar refractivity (Wildman–Crippen MR) is 97.8 cm³/mol. The smallest absolute Gasteiger partial charge is 0.254 e. The molecule has 4 nitrogen and oxygen atoms in total. The molecule has 1 saturated heterocycles. The number of hydrogen-bond acceptors (Lipinski definition) is 3. The highest BCUT2D eigenvalue weighted by Crippen LogP contribution is 2.15. The average molecular weight is 407 g/mol. The molecular formula is C19H20BrFN2O2. The van der Waals surface area contributed by atoms with E-state index >= 15 is 0 Å². The number of amides is 1. The summed E-state index contributed by atoms with van der Waals surface area (Å²) < 4.78 is 19.8. The van der Waals surface area contributed by atoms with Crippen molar-refractivity contribution in [3.63, 3.8) is 0 Å². The van der Waals surface area contributed by atoms with Crippen molar-refractivity contribution >= 4 is 21.8 Å². The van der Waals surface area contributed by atoms with Crippen LogP contribution in [-0.2, 0) is 17.8 Å². The Hall–Kier alpha value is -1.76. The number of halogens is 2. The second-order valence-electron chi connectivity index (χ2n) is 6.01. The molecule has 1 heterocycles. The van der Waals surface area contributed by atoms with E-state index in [1.165, 1.54) is 17.7 Å². The standard InChI is InChI=1S/C19H20BrFN2O2/c20-16-5-6-17(18(21)11-16)19(24)22-12-14-1-3-15(4-2-14)13-23-7-9-25-10-8-23/h1-6,11H,7-10,12-13H2,(H,22,24). The SMILES string of the molecule is O=C(NCc1ccc(CN2CCOCC2)cc1)c1ccc(Br)cc1F. The molecule has 0 spiro atoms. The van der Waals surface area contributed by atoms with Gasteiger partial charge < -0.3 is 10.1 Å². The monoisotopic (exact) mass is 406 g/mol. The molecule has 1 fully saturated rings. The summed E-state index contributed by atoms with van der Waals surface area (Å²) in [5.41, 5.74) is 2.26. The lowest BCUT2D eigenvalue weighted by Gasteiger charge is -2.26. The Bertz CT molecular complexity index is 731. The zero-order valence-corrected chi connectivity index (χ0v) is 15.4. The van der Waals surface area contributed by atoms with Crippen molar-refractivity contribution in [2.75, 3.05) is 26.3 Å². The predicted octanol–water partition coefficient (Wildman–Crippen LogP) is 3.35. The van der Waals surface area contributed by atoms with Crippen LogP contribution in [0.3, 0.4) is 0 Å². The molecule has 2 aromatic carbocycles. The molecule has 1 amide bonds. The van der Waals surface area contributed by atoms with Gasteiger partial charge in [-0.05, 0) is 29.3 Å². The van der Waals surface area contributed by atoms with Crippen molar-refractivity contribution in [2.24, 2.45) is 0 Å². The van der Waals surface area contributed by atoms with E-state index in [0.29, 0.717) is 11.0 Å². The Morgan fingerprint density at radius 2 is 1.80 bits per heavy atom. The lowest BCUT2D eigenvalue weighted by atomic mass is 10.1. The molecule has 3 rings (SSSR count). The van der Waals surface area contributed by atoms with Crippen LogP contribution in [0.25, 0.3) is 0 Å². The number of nitrogens with one attached hydrogen (secondary N) is 1. The van der Waals surface area contributed by atoms with Crippen molar-refractivity contribution in [3.8, 4) is 0 Å². The maximum Gasteiger partial charge on any atom is 0.254 e. The van der Waals surface area contributed by atoms with Crippen molar-refractivity contribution in [1.82, 2.24) is 10.2 Å². The van der Waals surface area contributed by atoms with E-state index in [2.05, 4.69) is 38.3 Å². The number of ether oxygens (including phenoxy) is 1. The zero-order chi connectivity index (χ0) is 17.6. The molecule has 0 bridgehead atoms. The number of morpholine rings is 1. The topological polar surface area (TPSA) is 41.6 Å². The first-order chi connectivity index (χ1) is 12.1. The molecule has 0 radical (unpaired) electrons. The number of hydrogen-bond donors (Lipinski definition) is 1. The Balaban J connectivity index is 1.53. The van der Waals surface area contributed by atoms with Gasteiger partial charge in [0, 0.05) is 30.7 Å². The first-order valence-electron chi connectivity index (χ1n) is 8.23. The van der Waals surface area contributed by atoms with E-state index in [0.717, 1.165) is 38.4 Å². The highest BCUT2D eigenvalue weighted by Gasteiger charge is 2.12. The van der Waals surface area contributed by atoms with Crippen LogP contribution in [0.15, 0.2) is 46.9 Å². The molecule has 0 unspecified atom stereocenters. The molecule has 1 aliphatic rings. The normalized spacial score (nSPS) is 15.1. The Kier molecular flexibility index (Phi) is 6.18. The molecule has 0 atom stereocenters. The largest absolute Gasteiger partial charge is 0.379 e. The number of carbonyl (C=O) groups excluding carboxylic acids is 1. The van der Waals surface area contributed by atoms with Gasteiger partial charge in [0.25, 0.3) is 5.91 Å². The van der Waals surface area contributed by atoms with E-state index in [4.69, 9.17) is 4.74 Å². The average Bonchev–Trinajstić information content (AvgIpc) is 2.62. The van der Waals surface area contributed by atoms with Crippen molar-refractivity contribution in [3.05, 3.63) is 69.4 Å². The molecule has 6 heteroatoms. The van der Waals surface area contributed by atoms with Gasteiger partial charge in [0.05, 0.1) is 18.8 Å². The van der Waals surface area contributed by atoms with Gasteiger partial charge in [0.1, 0.15) is 5.82 Å². The summed E-state index contributed by atoms with van der Waals surface area (Å²) in [6.45, 7) is 4.76. The minimum Gasteiger partial charge on any atom is -0.379 e. The summed E-state index contributed by atoms with van der Waals surface area (Å²) in [6, 6.07) is 12.5. The number of rotatable bonds is 5. The van der Waals surface area contributed by atoms with E-state index < -0.39 is 11.7 Å². The third kappa shape index (κ3) is 5.11. The molecule has 1 N–H and O–H groups in total. The Morgan fingerprint density at radius 3 is 2.48 bits per heavy atom. The summed E-state index contributed by atoms with van der Waals surface area (Å²) in [7, 11) is 0. The molecular weight excluding hydrogens is 387 g/mol. The molecule has 2 aromatic rings. The van der Waals surface area contributed by atoms with E-state index in [1.807, 2.05) is 12.1 Å². The lowest BCUT2D eigenvalue weighted by molar-refractivity contribution is 0.0342. The van der Waals surface area contributed by atoms with Gasteiger partial charge in [-0.25, -0.2) is 4.39 Å². The molecule has 0 saturated carbocycles. The summed E-state index contributed by atoms with van der Waals surface area (Å²) in [5, 5.41) is 2.76.